The largest absolute Gasteiger partial charge is 0.450 e. The molecule has 0 saturated carbocycles. The van der Waals surface area contributed by atoms with Crippen molar-refractivity contribution in [2.75, 3.05) is 27.2 Å². The maximum absolute atomic E-state index is 11.5. The van der Waals surface area contributed by atoms with Gasteiger partial charge in [-0.3, -0.25) is 0 Å². The van der Waals surface area contributed by atoms with Gasteiger partial charge in [-0.05, 0) is 26.6 Å². The van der Waals surface area contributed by atoms with Crippen molar-refractivity contribution in [1.82, 2.24) is 10.2 Å². The molecule has 0 bridgehead atoms. The molecule has 0 saturated heterocycles. The van der Waals surface area contributed by atoms with Gasteiger partial charge < -0.3 is 15.0 Å². The van der Waals surface area contributed by atoms with Gasteiger partial charge in [0.1, 0.15) is 0 Å². The molecule has 1 aromatic carbocycles. The minimum absolute atomic E-state index is 0.0507. The molecule has 1 amide bonds. The standard InChI is InChI=1S/C13H20N2O2/c1-4-17-13(16)14-12(10-15(2)3)11-8-6-5-7-9-11/h5-9,12H,4,10H2,1-3H3,(H,14,16). The Morgan fingerprint density at radius 3 is 2.53 bits per heavy atom. The summed E-state index contributed by atoms with van der Waals surface area (Å²) in [5.74, 6) is 0. The number of benzene rings is 1. The maximum atomic E-state index is 11.5. The molecule has 1 aromatic rings. The molecule has 0 fully saturated rings. The molecule has 0 aliphatic carbocycles. The number of nitrogens with zero attached hydrogens (tertiary/aromatic N) is 1. The lowest BCUT2D eigenvalue weighted by Gasteiger charge is -2.22. The molecular formula is C13H20N2O2. The quantitative estimate of drug-likeness (QED) is 0.850. The molecule has 4 nitrogen and oxygen atoms in total. The number of alkyl carbamates (subject to hydrolysis) is 1. The first-order valence-electron chi connectivity index (χ1n) is 5.76. The van der Waals surface area contributed by atoms with E-state index in [9.17, 15) is 4.79 Å². The molecule has 0 aliphatic heterocycles. The molecule has 0 radical (unpaired) electrons. The predicted molar refractivity (Wildman–Crippen MR) is 67.9 cm³/mol. The molecule has 17 heavy (non-hydrogen) atoms. The first kappa shape index (κ1) is 13.5. The summed E-state index contributed by atoms with van der Waals surface area (Å²) in [5.41, 5.74) is 1.08. The Balaban J connectivity index is 2.70. The van der Waals surface area contributed by atoms with Crippen molar-refractivity contribution in [2.45, 2.75) is 13.0 Å². The predicted octanol–water partition coefficient (Wildman–Crippen LogP) is 2.04. The number of likely N-dealkylation sites (N-methyl/N-ethyl adjacent to an activating group) is 1. The number of hydrogen-bond donors (Lipinski definition) is 1. The fraction of sp³-hybridized carbons (Fsp3) is 0.462. The Kier molecular flexibility index (Phi) is 5.49. The number of carbonyl (C=O) groups excluding carboxylic acids is 1. The van der Waals surface area contributed by atoms with Crippen LogP contribution >= 0.6 is 0 Å². The number of ether oxygens (including phenoxy) is 1. The molecule has 94 valence electrons. The van der Waals surface area contributed by atoms with E-state index in [1.807, 2.05) is 49.3 Å². The normalized spacial score (nSPS) is 12.2. The number of nitrogens with one attached hydrogen (secondary N) is 1. The van der Waals surface area contributed by atoms with Crippen molar-refractivity contribution >= 4 is 6.09 Å². The molecule has 1 N–H and O–H groups in total. The molecule has 0 aliphatic rings. The summed E-state index contributed by atoms with van der Waals surface area (Å²) >= 11 is 0. The van der Waals surface area contributed by atoms with Gasteiger partial charge in [-0.25, -0.2) is 4.79 Å². The molecule has 1 unspecified atom stereocenters. The summed E-state index contributed by atoms with van der Waals surface area (Å²) in [5, 5.41) is 2.86. The maximum Gasteiger partial charge on any atom is 0.407 e. The van der Waals surface area contributed by atoms with Crippen LogP contribution in [0.1, 0.15) is 18.5 Å². The van der Waals surface area contributed by atoms with Crippen molar-refractivity contribution in [3.63, 3.8) is 0 Å². The van der Waals surface area contributed by atoms with E-state index in [4.69, 9.17) is 4.74 Å². The van der Waals surface area contributed by atoms with Crippen molar-refractivity contribution < 1.29 is 9.53 Å². The third-order valence-electron chi connectivity index (χ3n) is 2.32. The Morgan fingerprint density at radius 2 is 2.00 bits per heavy atom. The van der Waals surface area contributed by atoms with Crippen LogP contribution in [-0.2, 0) is 4.74 Å². The van der Waals surface area contributed by atoms with Crippen molar-refractivity contribution in [2.24, 2.45) is 0 Å². The lowest BCUT2D eigenvalue weighted by atomic mass is 10.1. The molecular weight excluding hydrogens is 216 g/mol. The van der Waals surface area contributed by atoms with Crippen LogP contribution in [0, 0.1) is 0 Å². The van der Waals surface area contributed by atoms with Gasteiger partial charge in [-0.15, -0.1) is 0 Å². The van der Waals surface area contributed by atoms with Gasteiger partial charge in [-0.2, -0.15) is 0 Å². The molecule has 0 spiro atoms. The van der Waals surface area contributed by atoms with E-state index < -0.39 is 0 Å². The first-order valence-corrected chi connectivity index (χ1v) is 5.76. The second kappa shape index (κ2) is 6.91. The zero-order chi connectivity index (χ0) is 12.7. The van der Waals surface area contributed by atoms with Crippen LogP contribution in [0.4, 0.5) is 4.79 Å². The highest BCUT2D eigenvalue weighted by Crippen LogP contribution is 2.13. The number of hydrogen-bond acceptors (Lipinski definition) is 3. The van der Waals surface area contributed by atoms with E-state index >= 15 is 0 Å². The van der Waals surface area contributed by atoms with E-state index in [1.165, 1.54) is 0 Å². The Labute approximate surface area is 103 Å². The van der Waals surface area contributed by atoms with Crippen LogP contribution in [0.2, 0.25) is 0 Å². The zero-order valence-corrected chi connectivity index (χ0v) is 10.6. The minimum Gasteiger partial charge on any atom is -0.450 e. The van der Waals surface area contributed by atoms with E-state index in [0.29, 0.717) is 6.61 Å². The van der Waals surface area contributed by atoms with Crippen LogP contribution < -0.4 is 5.32 Å². The highest BCUT2D eigenvalue weighted by atomic mass is 16.5. The lowest BCUT2D eigenvalue weighted by molar-refractivity contribution is 0.145. The average Bonchev–Trinajstić information content (AvgIpc) is 2.29. The molecule has 0 aromatic heterocycles. The number of rotatable bonds is 5. The summed E-state index contributed by atoms with van der Waals surface area (Å²) < 4.78 is 4.91. The van der Waals surface area contributed by atoms with E-state index in [2.05, 4.69) is 5.32 Å². The average molecular weight is 236 g/mol. The van der Waals surface area contributed by atoms with Crippen molar-refractivity contribution in [3.8, 4) is 0 Å². The molecule has 1 atom stereocenters. The number of carbonyl (C=O) groups is 1. The van der Waals surface area contributed by atoms with E-state index in [-0.39, 0.29) is 12.1 Å². The second-order valence-corrected chi connectivity index (χ2v) is 4.09. The minimum atomic E-state index is -0.372. The fourth-order valence-corrected chi connectivity index (χ4v) is 1.60. The molecule has 0 heterocycles. The summed E-state index contributed by atoms with van der Waals surface area (Å²) in [6, 6.07) is 9.84. The Bertz CT molecular complexity index is 339. The van der Waals surface area contributed by atoms with Gasteiger partial charge in [0, 0.05) is 6.54 Å². The molecule has 1 rings (SSSR count). The van der Waals surface area contributed by atoms with E-state index in [0.717, 1.165) is 12.1 Å². The van der Waals surface area contributed by atoms with Gasteiger partial charge in [0.15, 0.2) is 0 Å². The third-order valence-corrected chi connectivity index (χ3v) is 2.32. The van der Waals surface area contributed by atoms with Crippen molar-refractivity contribution in [1.29, 1.82) is 0 Å². The van der Waals surface area contributed by atoms with Crippen LogP contribution in [0.5, 0.6) is 0 Å². The van der Waals surface area contributed by atoms with Crippen LogP contribution in [0.25, 0.3) is 0 Å². The smallest absolute Gasteiger partial charge is 0.407 e. The summed E-state index contributed by atoms with van der Waals surface area (Å²) in [4.78, 5) is 13.5. The first-order chi connectivity index (χ1) is 8.13. The Morgan fingerprint density at radius 1 is 1.35 bits per heavy atom. The number of amides is 1. The SMILES string of the molecule is CCOC(=O)NC(CN(C)C)c1ccccc1. The summed E-state index contributed by atoms with van der Waals surface area (Å²) in [7, 11) is 3.95. The highest BCUT2D eigenvalue weighted by molar-refractivity contribution is 5.67. The lowest BCUT2D eigenvalue weighted by Crippen LogP contribution is -2.35. The monoisotopic (exact) mass is 236 g/mol. The molecule has 4 heteroatoms. The van der Waals surface area contributed by atoms with Gasteiger partial charge in [0.2, 0.25) is 0 Å². The second-order valence-electron chi connectivity index (χ2n) is 4.09. The van der Waals surface area contributed by atoms with Gasteiger partial charge >= 0.3 is 6.09 Å². The topological polar surface area (TPSA) is 41.6 Å². The van der Waals surface area contributed by atoms with Gasteiger partial charge in [0.05, 0.1) is 12.6 Å². The Hall–Kier alpha value is -1.55. The third kappa shape index (κ3) is 4.87. The van der Waals surface area contributed by atoms with Crippen LogP contribution in [-0.4, -0.2) is 38.2 Å². The fourth-order valence-electron chi connectivity index (χ4n) is 1.60. The van der Waals surface area contributed by atoms with Gasteiger partial charge in [-0.1, -0.05) is 30.3 Å². The highest BCUT2D eigenvalue weighted by Gasteiger charge is 2.15. The zero-order valence-electron chi connectivity index (χ0n) is 10.6. The van der Waals surface area contributed by atoms with Crippen LogP contribution in [0.3, 0.4) is 0 Å². The van der Waals surface area contributed by atoms with Crippen molar-refractivity contribution in [3.05, 3.63) is 35.9 Å². The summed E-state index contributed by atoms with van der Waals surface area (Å²) in [6.07, 6.45) is -0.372. The van der Waals surface area contributed by atoms with Gasteiger partial charge in [0.25, 0.3) is 0 Å². The summed E-state index contributed by atoms with van der Waals surface area (Å²) in [6.45, 7) is 2.92. The van der Waals surface area contributed by atoms with E-state index in [1.54, 1.807) is 6.92 Å². The van der Waals surface area contributed by atoms with Crippen LogP contribution in [0.15, 0.2) is 30.3 Å².